The number of benzene rings is 1. The second kappa shape index (κ2) is 6.39. The molecule has 0 saturated carbocycles. The molecule has 4 heteroatoms. The zero-order chi connectivity index (χ0) is 14.7. The number of rotatable bonds is 5. The first-order valence-corrected chi connectivity index (χ1v) is 7.53. The summed E-state index contributed by atoms with van der Waals surface area (Å²) in [5, 5.41) is 0. The smallest absolute Gasteiger partial charge is 0.122 e. The Morgan fingerprint density at radius 3 is 2.55 bits per heavy atom. The molecule has 2 rings (SSSR count). The van der Waals surface area contributed by atoms with Crippen molar-refractivity contribution in [2.24, 2.45) is 5.84 Å². The van der Waals surface area contributed by atoms with E-state index in [1.165, 1.54) is 26.4 Å². The summed E-state index contributed by atoms with van der Waals surface area (Å²) < 4.78 is 5.45. The highest BCUT2D eigenvalue weighted by Gasteiger charge is 2.16. The van der Waals surface area contributed by atoms with Crippen molar-refractivity contribution in [1.82, 2.24) is 5.43 Å². The van der Waals surface area contributed by atoms with Crippen molar-refractivity contribution in [1.29, 1.82) is 0 Å². The molecule has 1 heterocycles. The molecule has 0 amide bonds. The Kier molecular flexibility index (Phi) is 4.81. The largest absolute Gasteiger partial charge is 0.496 e. The lowest BCUT2D eigenvalue weighted by Crippen LogP contribution is -2.29. The van der Waals surface area contributed by atoms with Crippen LogP contribution in [0.3, 0.4) is 0 Å². The van der Waals surface area contributed by atoms with E-state index in [4.69, 9.17) is 10.6 Å². The molecule has 3 N–H and O–H groups in total. The van der Waals surface area contributed by atoms with Crippen LogP contribution in [-0.4, -0.2) is 7.11 Å². The van der Waals surface area contributed by atoms with Crippen LogP contribution in [0.5, 0.6) is 5.75 Å². The van der Waals surface area contributed by atoms with Crippen LogP contribution in [0.4, 0.5) is 0 Å². The Morgan fingerprint density at radius 2 is 2.00 bits per heavy atom. The van der Waals surface area contributed by atoms with Crippen LogP contribution in [0.25, 0.3) is 0 Å². The van der Waals surface area contributed by atoms with E-state index in [1.54, 1.807) is 18.4 Å². The molecule has 1 unspecified atom stereocenters. The molecule has 0 aliphatic carbocycles. The Balaban J connectivity index is 2.28. The summed E-state index contributed by atoms with van der Waals surface area (Å²) in [5.41, 5.74) is 6.67. The van der Waals surface area contributed by atoms with Gasteiger partial charge in [-0.1, -0.05) is 17.7 Å². The fourth-order valence-corrected chi connectivity index (χ4v) is 3.40. The normalized spacial score (nSPS) is 12.4. The van der Waals surface area contributed by atoms with E-state index in [-0.39, 0.29) is 6.04 Å². The number of hydrazine groups is 1. The lowest BCUT2D eigenvalue weighted by atomic mass is 10.0. The number of hydrogen-bond acceptors (Lipinski definition) is 4. The molecule has 0 aliphatic rings. The van der Waals surface area contributed by atoms with Crippen LogP contribution >= 0.6 is 11.3 Å². The van der Waals surface area contributed by atoms with Crippen molar-refractivity contribution < 1.29 is 4.74 Å². The van der Waals surface area contributed by atoms with Crippen LogP contribution in [0.2, 0.25) is 0 Å². The van der Waals surface area contributed by atoms with Crippen molar-refractivity contribution in [3.05, 3.63) is 50.7 Å². The third-order valence-corrected chi connectivity index (χ3v) is 4.86. The lowest BCUT2D eigenvalue weighted by Gasteiger charge is -2.17. The van der Waals surface area contributed by atoms with Gasteiger partial charge in [-0.25, -0.2) is 0 Å². The van der Waals surface area contributed by atoms with Crippen LogP contribution in [-0.2, 0) is 6.42 Å². The Hall–Kier alpha value is -1.36. The van der Waals surface area contributed by atoms with Gasteiger partial charge in [-0.15, -0.1) is 11.3 Å². The Labute approximate surface area is 124 Å². The number of aryl methyl sites for hydroxylation is 3. The molecule has 0 radical (unpaired) electrons. The molecule has 108 valence electrons. The number of nitrogens with one attached hydrogen (secondary N) is 1. The van der Waals surface area contributed by atoms with Gasteiger partial charge in [-0.2, -0.15) is 0 Å². The maximum atomic E-state index is 5.76. The van der Waals surface area contributed by atoms with E-state index in [0.717, 1.165) is 12.2 Å². The summed E-state index contributed by atoms with van der Waals surface area (Å²) in [7, 11) is 1.71. The van der Waals surface area contributed by atoms with Crippen molar-refractivity contribution in [2.45, 2.75) is 33.2 Å². The van der Waals surface area contributed by atoms with Crippen molar-refractivity contribution in [3.63, 3.8) is 0 Å². The molecule has 1 aromatic heterocycles. The zero-order valence-electron chi connectivity index (χ0n) is 12.5. The van der Waals surface area contributed by atoms with E-state index in [0.29, 0.717) is 0 Å². The third-order valence-electron chi connectivity index (χ3n) is 3.59. The van der Waals surface area contributed by atoms with E-state index < -0.39 is 0 Å². The first-order valence-electron chi connectivity index (χ1n) is 6.71. The van der Waals surface area contributed by atoms with Crippen LogP contribution < -0.4 is 16.0 Å². The molecule has 0 saturated heterocycles. The van der Waals surface area contributed by atoms with Gasteiger partial charge in [-0.3, -0.25) is 11.3 Å². The average Bonchev–Trinajstić information content (AvgIpc) is 2.76. The number of methoxy groups -OCH3 is 1. The fourth-order valence-electron chi connectivity index (χ4n) is 2.30. The predicted molar refractivity (Wildman–Crippen MR) is 85.3 cm³/mol. The number of nitrogens with two attached hydrogens (primary N) is 1. The van der Waals surface area contributed by atoms with Gasteiger partial charge in [0, 0.05) is 9.75 Å². The topological polar surface area (TPSA) is 47.3 Å². The SMILES string of the molecule is COc1ccc(C)cc1CC(NN)c1cc(C)c(C)s1. The first-order chi connectivity index (χ1) is 9.55. The third kappa shape index (κ3) is 3.20. The summed E-state index contributed by atoms with van der Waals surface area (Å²) >= 11 is 1.80. The molecule has 0 bridgehead atoms. The molecule has 20 heavy (non-hydrogen) atoms. The van der Waals surface area contributed by atoms with E-state index in [9.17, 15) is 0 Å². The summed E-state index contributed by atoms with van der Waals surface area (Å²) in [4.78, 5) is 2.61. The summed E-state index contributed by atoms with van der Waals surface area (Å²) in [6, 6.07) is 8.57. The van der Waals surface area contributed by atoms with Gasteiger partial charge in [0.15, 0.2) is 0 Å². The van der Waals surface area contributed by atoms with Crippen molar-refractivity contribution in [2.75, 3.05) is 7.11 Å². The highest BCUT2D eigenvalue weighted by molar-refractivity contribution is 7.12. The van der Waals surface area contributed by atoms with Gasteiger partial charge in [0.05, 0.1) is 13.2 Å². The molecule has 2 aromatic rings. The highest BCUT2D eigenvalue weighted by Crippen LogP contribution is 2.31. The second-order valence-corrected chi connectivity index (χ2v) is 6.41. The first kappa shape index (κ1) is 15.0. The number of ether oxygens (including phenoxy) is 1. The maximum Gasteiger partial charge on any atom is 0.122 e. The molecule has 1 atom stereocenters. The molecule has 0 aliphatic heterocycles. The molecule has 0 spiro atoms. The van der Waals surface area contributed by atoms with Crippen LogP contribution in [0.1, 0.15) is 32.5 Å². The van der Waals surface area contributed by atoms with Gasteiger partial charge in [0.25, 0.3) is 0 Å². The van der Waals surface area contributed by atoms with Crippen molar-refractivity contribution in [3.8, 4) is 5.75 Å². The Morgan fingerprint density at radius 1 is 1.25 bits per heavy atom. The molecular formula is C16H22N2OS. The zero-order valence-corrected chi connectivity index (χ0v) is 13.3. The van der Waals surface area contributed by atoms with Crippen LogP contribution in [0.15, 0.2) is 24.3 Å². The standard InChI is InChI=1S/C16H22N2OS/c1-10-5-6-15(19-4)13(7-10)9-14(18-17)16-8-11(2)12(3)20-16/h5-8,14,18H,9,17H2,1-4H3. The minimum absolute atomic E-state index is 0.114. The molecular weight excluding hydrogens is 268 g/mol. The highest BCUT2D eigenvalue weighted by atomic mass is 32.1. The number of thiophene rings is 1. The van der Waals surface area contributed by atoms with E-state index in [1.807, 2.05) is 6.07 Å². The Bertz CT molecular complexity index is 573. The quantitative estimate of drug-likeness (QED) is 0.655. The van der Waals surface area contributed by atoms with Gasteiger partial charge in [-0.05, 0) is 50.5 Å². The van der Waals surface area contributed by atoms with Crippen LogP contribution in [0, 0.1) is 20.8 Å². The predicted octanol–water partition coefficient (Wildman–Crippen LogP) is 3.43. The monoisotopic (exact) mass is 290 g/mol. The molecule has 3 nitrogen and oxygen atoms in total. The van der Waals surface area contributed by atoms with Gasteiger partial charge < -0.3 is 4.74 Å². The lowest BCUT2D eigenvalue weighted by molar-refractivity contribution is 0.406. The molecule has 1 aromatic carbocycles. The van der Waals surface area contributed by atoms with Crippen molar-refractivity contribution >= 4 is 11.3 Å². The van der Waals surface area contributed by atoms with E-state index in [2.05, 4.69) is 44.4 Å². The summed E-state index contributed by atoms with van der Waals surface area (Å²) in [6.45, 7) is 6.37. The summed E-state index contributed by atoms with van der Waals surface area (Å²) in [5.74, 6) is 6.67. The summed E-state index contributed by atoms with van der Waals surface area (Å²) in [6.07, 6.45) is 0.820. The minimum atomic E-state index is 0.114. The fraction of sp³-hybridized carbons (Fsp3) is 0.375. The molecule has 0 fully saturated rings. The second-order valence-electron chi connectivity index (χ2n) is 5.13. The number of hydrogen-bond donors (Lipinski definition) is 2. The average molecular weight is 290 g/mol. The minimum Gasteiger partial charge on any atom is -0.496 e. The van der Waals surface area contributed by atoms with Gasteiger partial charge in [0.2, 0.25) is 0 Å². The van der Waals surface area contributed by atoms with E-state index >= 15 is 0 Å². The maximum absolute atomic E-state index is 5.76. The van der Waals surface area contributed by atoms with Gasteiger partial charge in [0.1, 0.15) is 5.75 Å². The van der Waals surface area contributed by atoms with Gasteiger partial charge >= 0.3 is 0 Å².